The number of carbonyl (C=O) groups excluding carboxylic acids is 1. The number of nitrogens with zero attached hydrogens (tertiary/aromatic N) is 2. The number of ether oxygens (including phenoxy) is 3. The minimum absolute atomic E-state index is 0.0300. The van der Waals surface area contributed by atoms with E-state index in [2.05, 4.69) is 43.9 Å². The number of hydrogen-bond acceptors (Lipinski definition) is 5. The molecule has 0 saturated carbocycles. The molecule has 0 aliphatic carbocycles. The van der Waals surface area contributed by atoms with Gasteiger partial charge in [-0.25, -0.2) is 0 Å². The maximum atomic E-state index is 13.5. The Morgan fingerprint density at radius 2 is 1.77 bits per heavy atom. The van der Waals surface area contributed by atoms with Crippen molar-refractivity contribution in [3.63, 3.8) is 0 Å². The number of piperazine rings is 1. The summed E-state index contributed by atoms with van der Waals surface area (Å²) in [7, 11) is 0. The molecule has 0 aromatic heterocycles. The van der Waals surface area contributed by atoms with Crippen molar-refractivity contribution in [3.05, 3.63) is 76.9 Å². The van der Waals surface area contributed by atoms with Crippen LogP contribution in [-0.4, -0.2) is 54.8 Å². The Bertz CT molecular complexity index is 1100. The molecular formula is C29H36N2O4. The zero-order valence-corrected chi connectivity index (χ0v) is 21.3. The van der Waals surface area contributed by atoms with Crippen LogP contribution < -0.4 is 14.2 Å². The zero-order valence-electron chi connectivity index (χ0n) is 21.3. The van der Waals surface area contributed by atoms with E-state index in [9.17, 15) is 4.79 Å². The average Bonchev–Trinajstić information content (AvgIpc) is 3.34. The fraction of sp³-hybridized carbons (Fsp3) is 0.414. The predicted molar refractivity (Wildman–Crippen MR) is 138 cm³/mol. The molecule has 1 atom stereocenters. The van der Waals surface area contributed by atoms with E-state index in [-0.39, 0.29) is 18.8 Å². The van der Waals surface area contributed by atoms with Crippen molar-refractivity contribution in [3.8, 4) is 17.2 Å². The Morgan fingerprint density at radius 1 is 1.03 bits per heavy atom. The lowest BCUT2D eigenvalue weighted by Gasteiger charge is -2.35. The number of carbonyl (C=O) groups is 1. The van der Waals surface area contributed by atoms with Crippen molar-refractivity contribution in [2.75, 3.05) is 33.0 Å². The second-order valence-electron chi connectivity index (χ2n) is 9.41. The summed E-state index contributed by atoms with van der Waals surface area (Å²) in [4.78, 5) is 17.8. The standard InChI is InChI=1S/C29H36N2O4/c1-5-22(4)25(12-10-21(2)3)35-26-9-7-6-8-24(26)29(32)31-16-14-30(15-17-31)19-23-11-13-27-28(18-23)34-20-33-27/h5-11,13,18,25H,12,14-17,19-20H2,1-4H3. The van der Waals surface area contributed by atoms with Crippen molar-refractivity contribution < 1.29 is 19.0 Å². The van der Waals surface area contributed by atoms with E-state index in [1.807, 2.05) is 48.2 Å². The predicted octanol–water partition coefficient (Wildman–Crippen LogP) is 5.44. The van der Waals surface area contributed by atoms with E-state index in [1.54, 1.807) is 0 Å². The number of hydrogen-bond donors (Lipinski definition) is 0. The van der Waals surface area contributed by atoms with Gasteiger partial charge in [0.05, 0.1) is 5.56 Å². The third kappa shape index (κ3) is 6.25. The molecule has 1 amide bonds. The van der Waals surface area contributed by atoms with E-state index in [0.717, 1.165) is 43.1 Å². The Hall–Kier alpha value is -3.25. The molecular weight excluding hydrogens is 440 g/mol. The number of fused-ring (bicyclic) bond motifs is 1. The van der Waals surface area contributed by atoms with Gasteiger partial charge in [-0.05, 0) is 63.1 Å². The highest BCUT2D eigenvalue weighted by Gasteiger charge is 2.25. The van der Waals surface area contributed by atoms with Gasteiger partial charge in [0.15, 0.2) is 11.5 Å². The molecule has 6 heteroatoms. The van der Waals surface area contributed by atoms with Crippen LogP contribution in [0.25, 0.3) is 0 Å². The van der Waals surface area contributed by atoms with E-state index in [1.165, 1.54) is 11.1 Å². The van der Waals surface area contributed by atoms with Gasteiger partial charge in [-0.15, -0.1) is 0 Å². The fourth-order valence-electron chi connectivity index (χ4n) is 4.33. The molecule has 0 N–H and O–H groups in total. The topological polar surface area (TPSA) is 51.2 Å². The quantitative estimate of drug-likeness (QED) is 0.475. The van der Waals surface area contributed by atoms with Crippen LogP contribution in [0.1, 0.15) is 50.0 Å². The van der Waals surface area contributed by atoms with Crippen molar-refractivity contribution in [1.29, 1.82) is 0 Å². The van der Waals surface area contributed by atoms with Gasteiger partial charge >= 0.3 is 0 Å². The highest BCUT2D eigenvalue weighted by atomic mass is 16.7. The molecule has 35 heavy (non-hydrogen) atoms. The summed E-state index contributed by atoms with van der Waals surface area (Å²) in [5.74, 6) is 2.29. The molecule has 2 aliphatic rings. The SMILES string of the molecule is CC=C(C)C(CC=C(C)C)Oc1ccccc1C(=O)N1CCN(Cc2ccc3c(c2)OCO3)CC1. The maximum absolute atomic E-state index is 13.5. The number of amides is 1. The van der Waals surface area contributed by atoms with E-state index in [4.69, 9.17) is 14.2 Å². The molecule has 0 radical (unpaired) electrons. The molecule has 2 heterocycles. The number of para-hydroxylation sites is 1. The van der Waals surface area contributed by atoms with Crippen molar-refractivity contribution in [2.45, 2.75) is 46.8 Å². The lowest BCUT2D eigenvalue weighted by atomic mass is 10.1. The van der Waals surface area contributed by atoms with Gasteiger partial charge < -0.3 is 19.1 Å². The van der Waals surface area contributed by atoms with Crippen LogP contribution >= 0.6 is 0 Å². The van der Waals surface area contributed by atoms with E-state index >= 15 is 0 Å². The number of rotatable bonds is 8. The van der Waals surface area contributed by atoms with E-state index in [0.29, 0.717) is 24.4 Å². The molecule has 2 aromatic rings. The number of allylic oxidation sites excluding steroid dienone is 2. The van der Waals surface area contributed by atoms with Crippen LogP contribution in [0.15, 0.2) is 65.8 Å². The van der Waals surface area contributed by atoms with Gasteiger partial charge in [0.2, 0.25) is 6.79 Å². The molecule has 0 spiro atoms. The van der Waals surface area contributed by atoms with Crippen molar-refractivity contribution in [2.24, 2.45) is 0 Å². The summed E-state index contributed by atoms with van der Waals surface area (Å²) >= 11 is 0. The minimum atomic E-state index is -0.0950. The first kappa shape index (κ1) is 24.9. The van der Waals surface area contributed by atoms with Crippen LogP contribution in [0.3, 0.4) is 0 Å². The van der Waals surface area contributed by atoms with Gasteiger partial charge in [0.25, 0.3) is 5.91 Å². The molecule has 1 unspecified atom stereocenters. The molecule has 0 bridgehead atoms. The highest BCUT2D eigenvalue weighted by molar-refractivity contribution is 5.97. The maximum Gasteiger partial charge on any atom is 0.257 e. The Labute approximate surface area is 208 Å². The molecule has 2 aromatic carbocycles. The molecule has 1 fully saturated rings. The Kier molecular flexibility index (Phi) is 8.13. The van der Waals surface area contributed by atoms with Gasteiger partial charge in [0.1, 0.15) is 11.9 Å². The first-order chi connectivity index (χ1) is 16.9. The Balaban J connectivity index is 1.39. The molecule has 2 aliphatic heterocycles. The lowest BCUT2D eigenvalue weighted by Crippen LogP contribution is -2.48. The number of benzene rings is 2. The normalized spacial score (nSPS) is 16.7. The Morgan fingerprint density at radius 3 is 2.51 bits per heavy atom. The van der Waals surface area contributed by atoms with Crippen LogP contribution in [0.5, 0.6) is 17.2 Å². The first-order valence-corrected chi connectivity index (χ1v) is 12.4. The van der Waals surface area contributed by atoms with Crippen LogP contribution in [0, 0.1) is 0 Å². The third-order valence-electron chi connectivity index (χ3n) is 6.59. The van der Waals surface area contributed by atoms with Gasteiger partial charge in [-0.1, -0.05) is 35.9 Å². The summed E-state index contributed by atoms with van der Waals surface area (Å²) in [5, 5.41) is 0. The second kappa shape index (κ2) is 11.5. The summed E-state index contributed by atoms with van der Waals surface area (Å²) < 4.78 is 17.3. The van der Waals surface area contributed by atoms with Crippen LogP contribution in [0.2, 0.25) is 0 Å². The molecule has 186 valence electrons. The fourth-order valence-corrected chi connectivity index (χ4v) is 4.33. The second-order valence-corrected chi connectivity index (χ2v) is 9.41. The van der Waals surface area contributed by atoms with Crippen molar-refractivity contribution >= 4 is 5.91 Å². The third-order valence-corrected chi connectivity index (χ3v) is 6.59. The average molecular weight is 477 g/mol. The summed E-state index contributed by atoms with van der Waals surface area (Å²) in [6.07, 6.45) is 4.94. The molecule has 1 saturated heterocycles. The highest BCUT2D eigenvalue weighted by Crippen LogP contribution is 2.33. The van der Waals surface area contributed by atoms with Gasteiger partial charge in [0, 0.05) is 39.1 Å². The van der Waals surface area contributed by atoms with Crippen molar-refractivity contribution in [1.82, 2.24) is 9.80 Å². The first-order valence-electron chi connectivity index (χ1n) is 12.4. The lowest BCUT2D eigenvalue weighted by molar-refractivity contribution is 0.0622. The van der Waals surface area contributed by atoms with Crippen LogP contribution in [0.4, 0.5) is 0 Å². The monoisotopic (exact) mass is 476 g/mol. The zero-order chi connectivity index (χ0) is 24.8. The van der Waals surface area contributed by atoms with Gasteiger partial charge in [-0.3, -0.25) is 9.69 Å². The van der Waals surface area contributed by atoms with E-state index < -0.39 is 0 Å². The molecule has 4 rings (SSSR count). The summed E-state index contributed by atoms with van der Waals surface area (Å²) in [6.45, 7) is 12.4. The summed E-state index contributed by atoms with van der Waals surface area (Å²) in [5.41, 5.74) is 4.23. The summed E-state index contributed by atoms with van der Waals surface area (Å²) in [6, 6.07) is 13.7. The molecule has 6 nitrogen and oxygen atoms in total. The minimum Gasteiger partial charge on any atom is -0.485 e. The largest absolute Gasteiger partial charge is 0.485 e. The van der Waals surface area contributed by atoms with Gasteiger partial charge in [-0.2, -0.15) is 0 Å². The van der Waals surface area contributed by atoms with Crippen LogP contribution in [-0.2, 0) is 6.54 Å². The smallest absolute Gasteiger partial charge is 0.257 e.